The predicted molar refractivity (Wildman–Crippen MR) is 64.4 cm³/mol. The number of aryl methyl sites for hydroxylation is 1. The van der Waals surface area contributed by atoms with E-state index >= 15 is 0 Å². The van der Waals surface area contributed by atoms with Crippen molar-refractivity contribution in [3.05, 3.63) is 29.3 Å². The van der Waals surface area contributed by atoms with E-state index in [4.69, 9.17) is 4.74 Å². The molecule has 1 aromatic rings. The topological polar surface area (TPSA) is 21.3 Å². The number of benzene rings is 1. The van der Waals surface area contributed by atoms with Crippen LogP contribution in [-0.2, 0) is 0 Å². The molecule has 0 spiro atoms. The monoisotopic (exact) mass is 207 g/mol. The first-order valence-electron chi connectivity index (χ1n) is 5.60. The summed E-state index contributed by atoms with van der Waals surface area (Å²) in [5.74, 6) is 0.963. The third-order valence-electron chi connectivity index (χ3n) is 2.68. The van der Waals surface area contributed by atoms with E-state index in [9.17, 15) is 0 Å². The summed E-state index contributed by atoms with van der Waals surface area (Å²) < 4.78 is 5.25. The highest BCUT2D eigenvalue weighted by Gasteiger charge is 2.08. The molecule has 0 bridgehead atoms. The molecule has 0 aliphatic rings. The van der Waals surface area contributed by atoms with Crippen molar-refractivity contribution < 1.29 is 4.74 Å². The standard InChI is InChI=1S/C13H21NO/c1-5-12(14-6-2)11-7-8-13(15-4)10(3)9-11/h7-9,12,14H,5-6H2,1-4H3. The summed E-state index contributed by atoms with van der Waals surface area (Å²) in [7, 11) is 1.71. The fourth-order valence-corrected chi connectivity index (χ4v) is 1.86. The van der Waals surface area contributed by atoms with Crippen LogP contribution in [0.1, 0.15) is 37.4 Å². The van der Waals surface area contributed by atoms with Crippen molar-refractivity contribution in [3.8, 4) is 5.75 Å². The molecule has 1 rings (SSSR count). The van der Waals surface area contributed by atoms with E-state index < -0.39 is 0 Å². The molecule has 0 aliphatic heterocycles. The zero-order chi connectivity index (χ0) is 11.3. The van der Waals surface area contributed by atoms with Gasteiger partial charge in [0, 0.05) is 6.04 Å². The average Bonchev–Trinajstić information content (AvgIpc) is 2.25. The molecule has 2 heteroatoms. The van der Waals surface area contributed by atoms with Gasteiger partial charge in [-0.3, -0.25) is 0 Å². The van der Waals surface area contributed by atoms with Gasteiger partial charge in [-0.2, -0.15) is 0 Å². The van der Waals surface area contributed by atoms with Crippen LogP contribution in [-0.4, -0.2) is 13.7 Å². The van der Waals surface area contributed by atoms with Gasteiger partial charge in [0.25, 0.3) is 0 Å². The second-order valence-corrected chi connectivity index (χ2v) is 3.75. The number of hydrogen-bond acceptors (Lipinski definition) is 2. The fraction of sp³-hybridized carbons (Fsp3) is 0.538. The number of rotatable bonds is 5. The Morgan fingerprint density at radius 2 is 2.07 bits per heavy atom. The third-order valence-corrected chi connectivity index (χ3v) is 2.68. The second kappa shape index (κ2) is 5.76. The molecule has 0 saturated heterocycles. The molecule has 0 fully saturated rings. The van der Waals surface area contributed by atoms with Gasteiger partial charge in [-0.25, -0.2) is 0 Å². The first kappa shape index (κ1) is 12.1. The van der Waals surface area contributed by atoms with Gasteiger partial charge in [0.1, 0.15) is 5.75 Å². The van der Waals surface area contributed by atoms with E-state index in [-0.39, 0.29) is 0 Å². The first-order chi connectivity index (χ1) is 7.22. The van der Waals surface area contributed by atoms with E-state index in [1.165, 1.54) is 11.1 Å². The normalized spacial score (nSPS) is 12.5. The lowest BCUT2D eigenvalue weighted by Crippen LogP contribution is -2.20. The first-order valence-corrected chi connectivity index (χ1v) is 5.60. The molecule has 0 aliphatic carbocycles. The average molecular weight is 207 g/mol. The van der Waals surface area contributed by atoms with Crippen LogP contribution >= 0.6 is 0 Å². The Labute approximate surface area is 92.6 Å². The minimum atomic E-state index is 0.458. The SMILES string of the molecule is CCNC(CC)c1ccc(OC)c(C)c1. The van der Waals surface area contributed by atoms with Crippen molar-refractivity contribution in [3.63, 3.8) is 0 Å². The van der Waals surface area contributed by atoms with Crippen molar-refractivity contribution >= 4 is 0 Å². The fourth-order valence-electron chi connectivity index (χ4n) is 1.86. The number of methoxy groups -OCH3 is 1. The van der Waals surface area contributed by atoms with Crippen molar-refractivity contribution in [1.29, 1.82) is 0 Å². The Kier molecular flexibility index (Phi) is 4.63. The maximum atomic E-state index is 5.25. The zero-order valence-electron chi connectivity index (χ0n) is 10.1. The van der Waals surface area contributed by atoms with Gasteiger partial charge < -0.3 is 10.1 Å². The lowest BCUT2D eigenvalue weighted by molar-refractivity contribution is 0.411. The van der Waals surface area contributed by atoms with E-state index in [2.05, 4.69) is 38.2 Å². The predicted octanol–water partition coefficient (Wildman–Crippen LogP) is 3.06. The van der Waals surface area contributed by atoms with Crippen LogP contribution in [0.4, 0.5) is 0 Å². The number of hydrogen-bond donors (Lipinski definition) is 1. The van der Waals surface area contributed by atoms with E-state index in [1.807, 2.05) is 6.07 Å². The zero-order valence-corrected chi connectivity index (χ0v) is 10.1. The second-order valence-electron chi connectivity index (χ2n) is 3.75. The molecule has 0 amide bonds. The molecule has 15 heavy (non-hydrogen) atoms. The minimum Gasteiger partial charge on any atom is -0.496 e. The molecule has 0 heterocycles. The molecule has 1 atom stereocenters. The molecule has 84 valence electrons. The van der Waals surface area contributed by atoms with E-state index in [1.54, 1.807) is 7.11 Å². The summed E-state index contributed by atoms with van der Waals surface area (Å²) in [6, 6.07) is 6.85. The lowest BCUT2D eigenvalue weighted by Gasteiger charge is -2.17. The van der Waals surface area contributed by atoms with Crippen LogP contribution < -0.4 is 10.1 Å². The largest absolute Gasteiger partial charge is 0.496 e. The number of nitrogens with one attached hydrogen (secondary N) is 1. The van der Waals surface area contributed by atoms with Gasteiger partial charge in [-0.15, -0.1) is 0 Å². The Hall–Kier alpha value is -1.02. The molecule has 2 nitrogen and oxygen atoms in total. The van der Waals surface area contributed by atoms with Crippen LogP contribution in [0, 0.1) is 6.92 Å². The Morgan fingerprint density at radius 3 is 2.53 bits per heavy atom. The Morgan fingerprint density at radius 1 is 1.33 bits per heavy atom. The summed E-state index contributed by atoms with van der Waals surface area (Å²) >= 11 is 0. The van der Waals surface area contributed by atoms with Crippen LogP contribution in [0.25, 0.3) is 0 Å². The molecule has 0 aromatic heterocycles. The highest BCUT2D eigenvalue weighted by molar-refractivity contribution is 5.37. The van der Waals surface area contributed by atoms with Crippen LogP contribution in [0.5, 0.6) is 5.75 Å². The minimum absolute atomic E-state index is 0.458. The summed E-state index contributed by atoms with van der Waals surface area (Å²) in [5.41, 5.74) is 2.55. The van der Waals surface area contributed by atoms with Gasteiger partial charge in [-0.1, -0.05) is 26.0 Å². The maximum Gasteiger partial charge on any atom is 0.121 e. The van der Waals surface area contributed by atoms with Gasteiger partial charge >= 0.3 is 0 Å². The number of ether oxygens (including phenoxy) is 1. The van der Waals surface area contributed by atoms with Gasteiger partial charge in [0.2, 0.25) is 0 Å². The molecular weight excluding hydrogens is 186 g/mol. The van der Waals surface area contributed by atoms with Crippen molar-refractivity contribution in [2.45, 2.75) is 33.2 Å². The quantitative estimate of drug-likeness (QED) is 0.801. The Balaban J connectivity index is 2.89. The highest BCUT2D eigenvalue weighted by Crippen LogP contribution is 2.23. The highest BCUT2D eigenvalue weighted by atomic mass is 16.5. The van der Waals surface area contributed by atoms with Crippen LogP contribution in [0.2, 0.25) is 0 Å². The molecule has 1 unspecified atom stereocenters. The van der Waals surface area contributed by atoms with Crippen molar-refractivity contribution in [2.75, 3.05) is 13.7 Å². The van der Waals surface area contributed by atoms with Gasteiger partial charge in [0.05, 0.1) is 7.11 Å². The maximum absolute atomic E-state index is 5.25. The summed E-state index contributed by atoms with van der Waals surface area (Å²) in [6.45, 7) is 7.43. The molecule has 0 radical (unpaired) electrons. The summed E-state index contributed by atoms with van der Waals surface area (Å²) in [5, 5.41) is 3.47. The van der Waals surface area contributed by atoms with Crippen molar-refractivity contribution in [2.24, 2.45) is 0 Å². The van der Waals surface area contributed by atoms with Crippen molar-refractivity contribution in [1.82, 2.24) is 5.32 Å². The Bertz CT molecular complexity index is 309. The van der Waals surface area contributed by atoms with E-state index in [0.29, 0.717) is 6.04 Å². The van der Waals surface area contributed by atoms with Crippen LogP contribution in [0.3, 0.4) is 0 Å². The smallest absolute Gasteiger partial charge is 0.121 e. The molecule has 0 saturated carbocycles. The summed E-state index contributed by atoms with van der Waals surface area (Å²) in [4.78, 5) is 0. The van der Waals surface area contributed by atoms with Gasteiger partial charge in [0.15, 0.2) is 0 Å². The van der Waals surface area contributed by atoms with E-state index in [0.717, 1.165) is 18.7 Å². The lowest BCUT2D eigenvalue weighted by atomic mass is 10.0. The molecule has 1 N–H and O–H groups in total. The summed E-state index contributed by atoms with van der Waals surface area (Å²) in [6.07, 6.45) is 1.11. The molecular formula is C13H21NO. The van der Waals surface area contributed by atoms with Gasteiger partial charge in [-0.05, 0) is 37.1 Å². The molecule has 1 aromatic carbocycles. The third kappa shape index (κ3) is 2.96. The van der Waals surface area contributed by atoms with Crippen LogP contribution in [0.15, 0.2) is 18.2 Å².